The van der Waals surface area contributed by atoms with Crippen molar-refractivity contribution >= 4 is 39.0 Å². The summed E-state index contributed by atoms with van der Waals surface area (Å²) < 4.78 is 6.51. The first-order chi connectivity index (χ1) is 10.8. The van der Waals surface area contributed by atoms with Crippen LogP contribution in [0.1, 0.15) is 0 Å². The number of hydrogen-bond donors (Lipinski definition) is 0. The zero-order valence-electron chi connectivity index (χ0n) is 11.8. The molecule has 0 saturated carbocycles. The first kappa shape index (κ1) is 13.9. The highest BCUT2D eigenvalue weighted by Gasteiger charge is 2.13. The number of rotatable bonds is 2. The predicted molar refractivity (Wildman–Crippen MR) is 90.9 cm³/mol. The lowest BCUT2D eigenvalue weighted by atomic mass is 10.1. The average molecular weight is 332 g/mol. The number of ether oxygens (including phenoxy) is 1. The Labute approximate surface area is 137 Å². The number of pyridine rings is 2. The molecule has 22 heavy (non-hydrogen) atoms. The first-order valence-corrected chi connectivity index (χ1v) is 8.40. The lowest BCUT2D eigenvalue weighted by molar-refractivity contribution is 0.122. The topological polar surface area (TPSA) is 38.2 Å². The van der Waals surface area contributed by atoms with Crippen molar-refractivity contribution in [3.8, 4) is 11.1 Å². The van der Waals surface area contributed by atoms with E-state index in [1.165, 1.54) is 0 Å². The predicted octanol–water partition coefficient (Wildman–Crippen LogP) is 3.85. The SMILES string of the molecule is Clc1ccc2scc(-c3ccc(N4CCOCC4)nc3)c2n1. The standard InChI is InChI=1S/C16H14ClN3OS/c17-14-3-2-13-16(19-14)12(10-22-13)11-1-4-15(18-9-11)20-5-7-21-8-6-20/h1-4,9-10H,5-8H2. The molecule has 0 aromatic carbocycles. The van der Waals surface area contributed by atoms with Crippen molar-refractivity contribution in [3.63, 3.8) is 0 Å². The van der Waals surface area contributed by atoms with Crippen LogP contribution in [0.4, 0.5) is 5.82 Å². The van der Waals surface area contributed by atoms with Crippen molar-refractivity contribution in [2.75, 3.05) is 31.2 Å². The summed E-state index contributed by atoms with van der Waals surface area (Å²) >= 11 is 7.70. The van der Waals surface area contributed by atoms with Gasteiger partial charge in [-0.05, 0) is 24.3 Å². The second kappa shape index (κ2) is 5.83. The molecule has 0 unspecified atom stereocenters. The van der Waals surface area contributed by atoms with Gasteiger partial charge in [-0.15, -0.1) is 11.3 Å². The van der Waals surface area contributed by atoms with Gasteiger partial charge in [-0.1, -0.05) is 11.6 Å². The number of aromatic nitrogens is 2. The molecule has 4 nitrogen and oxygen atoms in total. The van der Waals surface area contributed by atoms with E-state index in [-0.39, 0.29) is 0 Å². The van der Waals surface area contributed by atoms with Gasteiger partial charge < -0.3 is 9.64 Å². The molecule has 0 atom stereocenters. The van der Waals surface area contributed by atoms with Gasteiger partial charge in [0.15, 0.2) is 0 Å². The van der Waals surface area contributed by atoms with Crippen LogP contribution in [0.15, 0.2) is 35.8 Å². The minimum Gasteiger partial charge on any atom is -0.378 e. The normalized spacial score (nSPS) is 15.4. The summed E-state index contributed by atoms with van der Waals surface area (Å²) in [6.07, 6.45) is 1.91. The number of hydrogen-bond acceptors (Lipinski definition) is 5. The number of fused-ring (bicyclic) bond motifs is 1. The van der Waals surface area contributed by atoms with Gasteiger partial charge in [-0.25, -0.2) is 9.97 Å². The van der Waals surface area contributed by atoms with Gasteiger partial charge in [0.2, 0.25) is 0 Å². The fourth-order valence-corrected chi connectivity index (χ4v) is 3.67. The van der Waals surface area contributed by atoms with E-state index >= 15 is 0 Å². The Kier molecular flexibility index (Phi) is 3.70. The maximum atomic E-state index is 6.02. The van der Waals surface area contributed by atoms with Crippen molar-refractivity contribution in [1.82, 2.24) is 9.97 Å². The molecule has 0 radical (unpaired) electrons. The van der Waals surface area contributed by atoms with Crippen LogP contribution >= 0.6 is 22.9 Å². The van der Waals surface area contributed by atoms with E-state index in [1.807, 2.05) is 18.3 Å². The minimum atomic E-state index is 0.519. The van der Waals surface area contributed by atoms with Gasteiger partial charge in [0, 0.05) is 35.8 Å². The number of halogens is 1. The maximum Gasteiger partial charge on any atom is 0.129 e. The molecule has 0 aliphatic carbocycles. The molecule has 1 aliphatic heterocycles. The zero-order valence-corrected chi connectivity index (χ0v) is 13.4. The third kappa shape index (κ3) is 2.56. The van der Waals surface area contributed by atoms with Crippen LogP contribution in [-0.4, -0.2) is 36.3 Å². The largest absolute Gasteiger partial charge is 0.378 e. The minimum absolute atomic E-state index is 0.519. The van der Waals surface area contributed by atoms with E-state index < -0.39 is 0 Å². The van der Waals surface area contributed by atoms with Crippen molar-refractivity contribution in [2.24, 2.45) is 0 Å². The van der Waals surface area contributed by atoms with Gasteiger partial charge in [-0.2, -0.15) is 0 Å². The second-order valence-corrected chi connectivity index (χ2v) is 6.43. The van der Waals surface area contributed by atoms with Gasteiger partial charge in [-0.3, -0.25) is 0 Å². The van der Waals surface area contributed by atoms with Crippen LogP contribution in [0, 0.1) is 0 Å². The molecular weight excluding hydrogens is 318 g/mol. The second-order valence-electron chi connectivity index (χ2n) is 5.13. The molecule has 0 spiro atoms. The zero-order chi connectivity index (χ0) is 14.9. The third-order valence-electron chi connectivity index (χ3n) is 3.78. The van der Waals surface area contributed by atoms with Crippen molar-refractivity contribution in [1.29, 1.82) is 0 Å². The quantitative estimate of drug-likeness (QED) is 0.669. The van der Waals surface area contributed by atoms with Crippen molar-refractivity contribution in [2.45, 2.75) is 0 Å². The number of morpholine rings is 1. The average Bonchev–Trinajstić information content (AvgIpc) is 2.99. The molecule has 4 rings (SSSR count). The fourth-order valence-electron chi connectivity index (χ4n) is 2.62. The number of nitrogens with zero attached hydrogens (tertiary/aromatic N) is 3. The Morgan fingerprint density at radius 3 is 2.77 bits per heavy atom. The van der Waals surface area contributed by atoms with Crippen LogP contribution in [0.5, 0.6) is 0 Å². The van der Waals surface area contributed by atoms with Crippen LogP contribution in [0.2, 0.25) is 5.15 Å². The van der Waals surface area contributed by atoms with Gasteiger partial charge in [0.05, 0.1) is 23.4 Å². The number of anilines is 1. The summed E-state index contributed by atoms with van der Waals surface area (Å²) in [4.78, 5) is 11.3. The van der Waals surface area contributed by atoms with E-state index in [0.29, 0.717) is 5.15 Å². The van der Waals surface area contributed by atoms with Crippen molar-refractivity contribution in [3.05, 3.63) is 41.0 Å². The molecular formula is C16H14ClN3OS. The Morgan fingerprint density at radius 2 is 2.00 bits per heavy atom. The lowest BCUT2D eigenvalue weighted by Crippen LogP contribution is -2.36. The van der Waals surface area contributed by atoms with Crippen LogP contribution < -0.4 is 4.90 Å². The number of thiophene rings is 1. The van der Waals surface area contributed by atoms with E-state index in [4.69, 9.17) is 16.3 Å². The molecule has 1 saturated heterocycles. The molecule has 4 heterocycles. The fraction of sp³-hybridized carbons (Fsp3) is 0.250. The summed E-state index contributed by atoms with van der Waals surface area (Å²) in [6.45, 7) is 3.32. The molecule has 1 aliphatic rings. The molecule has 6 heteroatoms. The Balaban J connectivity index is 1.68. The summed E-state index contributed by atoms with van der Waals surface area (Å²) in [5.74, 6) is 0.998. The molecule has 0 N–H and O–H groups in total. The van der Waals surface area contributed by atoms with E-state index in [9.17, 15) is 0 Å². The highest BCUT2D eigenvalue weighted by Crippen LogP contribution is 2.33. The smallest absolute Gasteiger partial charge is 0.129 e. The monoisotopic (exact) mass is 331 g/mol. The summed E-state index contributed by atoms with van der Waals surface area (Å²) in [5, 5.41) is 2.63. The summed E-state index contributed by atoms with van der Waals surface area (Å²) in [5.41, 5.74) is 3.10. The van der Waals surface area contributed by atoms with Gasteiger partial charge >= 0.3 is 0 Å². The van der Waals surface area contributed by atoms with Gasteiger partial charge in [0.25, 0.3) is 0 Å². The third-order valence-corrected chi connectivity index (χ3v) is 4.92. The summed E-state index contributed by atoms with van der Waals surface area (Å²) in [7, 11) is 0. The van der Waals surface area contributed by atoms with Crippen LogP contribution in [0.25, 0.3) is 21.3 Å². The maximum absolute atomic E-state index is 6.02. The highest BCUT2D eigenvalue weighted by molar-refractivity contribution is 7.17. The molecule has 3 aromatic rings. The van der Waals surface area contributed by atoms with Crippen molar-refractivity contribution < 1.29 is 4.74 Å². The molecule has 0 bridgehead atoms. The molecule has 3 aromatic heterocycles. The highest BCUT2D eigenvalue weighted by atomic mass is 35.5. The molecule has 0 amide bonds. The Hall–Kier alpha value is -1.69. The summed E-state index contributed by atoms with van der Waals surface area (Å²) in [6, 6.07) is 7.99. The molecule has 112 valence electrons. The van der Waals surface area contributed by atoms with E-state index in [1.54, 1.807) is 11.3 Å². The lowest BCUT2D eigenvalue weighted by Gasteiger charge is -2.27. The van der Waals surface area contributed by atoms with E-state index in [2.05, 4.69) is 32.4 Å². The van der Waals surface area contributed by atoms with Crippen LogP contribution in [-0.2, 0) is 4.74 Å². The first-order valence-electron chi connectivity index (χ1n) is 7.14. The Morgan fingerprint density at radius 1 is 1.14 bits per heavy atom. The Bertz CT molecular complexity index is 797. The molecule has 1 fully saturated rings. The van der Waals surface area contributed by atoms with Gasteiger partial charge in [0.1, 0.15) is 11.0 Å². The van der Waals surface area contributed by atoms with E-state index in [0.717, 1.165) is 53.5 Å². The van der Waals surface area contributed by atoms with Crippen LogP contribution in [0.3, 0.4) is 0 Å².